The Bertz CT molecular complexity index is 943. The minimum Gasteiger partial charge on any atom is -0.233 e. The number of nitrogens with zero attached hydrogens (tertiary/aromatic N) is 2. The predicted octanol–water partition coefficient (Wildman–Crippen LogP) is 4.06. The Morgan fingerprint density at radius 1 is 0.957 bits per heavy atom. The van der Waals surface area contributed by atoms with Gasteiger partial charge < -0.3 is 0 Å². The molecular weight excluding hydrogens is 332 g/mol. The number of hydrogen-bond acceptors (Lipinski definition) is 3. The van der Waals surface area contributed by atoms with E-state index in [1.807, 2.05) is 6.92 Å². The van der Waals surface area contributed by atoms with Crippen LogP contribution in [0.25, 0.3) is 11.4 Å². The van der Waals surface area contributed by atoms with Crippen LogP contribution in [0.4, 0.5) is 0 Å². The number of aromatic nitrogens is 2. The molecule has 6 heteroatoms. The summed E-state index contributed by atoms with van der Waals surface area (Å²) in [5, 5.41) is 0.588. The molecule has 0 amide bonds. The van der Waals surface area contributed by atoms with Crippen LogP contribution >= 0.6 is 11.6 Å². The lowest BCUT2D eigenvalue weighted by molar-refractivity contribution is 0.588. The van der Waals surface area contributed by atoms with E-state index in [1.54, 1.807) is 55.5 Å². The first-order chi connectivity index (χ1) is 10.9. The Kier molecular flexibility index (Phi) is 4.00. The van der Waals surface area contributed by atoms with E-state index in [-0.39, 0.29) is 4.90 Å². The first-order valence-corrected chi connectivity index (χ1v) is 8.84. The van der Waals surface area contributed by atoms with Gasteiger partial charge in [0.05, 0.1) is 10.6 Å². The van der Waals surface area contributed by atoms with Gasteiger partial charge in [0.25, 0.3) is 10.0 Å². The molecule has 0 aliphatic carbocycles. The Morgan fingerprint density at radius 3 is 2.17 bits per heavy atom. The zero-order chi connectivity index (χ0) is 16.6. The zero-order valence-electron chi connectivity index (χ0n) is 12.7. The van der Waals surface area contributed by atoms with Gasteiger partial charge >= 0.3 is 0 Å². The molecular formula is C17H15ClN2O2S. The molecule has 4 nitrogen and oxygen atoms in total. The Morgan fingerprint density at radius 2 is 1.57 bits per heavy atom. The zero-order valence-corrected chi connectivity index (χ0v) is 14.3. The fourth-order valence-corrected chi connectivity index (χ4v) is 3.77. The summed E-state index contributed by atoms with van der Waals surface area (Å²) in [5.41, 5.74) is 2.33. The van der Waals surface area contributed by atoms with Gasteiger partial charge in [-0.2, -0.15) is 0 Å². The monoisotopic (exact) mass is 346 g/mol. The van der Waals surface area contributed by atoms with E-state index >= 15 is 0 Å². The third-order valence-electron chi connectivity index (χ3n) is 3.48. The molecule has 3 aromatic rings. The molecule has 1 heterocycles. The normalized spacial score (nSPS) is 11.6. The minimum atomic E-state index is -3.70. The highest BCUT2D eigenvalue weighted by Gasteiger charge is 2.22. The van der Waals surface area contributed by atoms with Crippen LogP contribution in [0.5, 0.6) is 0 Å². The average molecular weight is 347 g/mol. The molecule has 0 saturated carbocycles. The van der Waals surface area contributed by atoms with Crippen LogP contribution in [-0.4, -0.2) is 17.4 Å². The summed E-state index contributed by atoms with van der Waals surface area (Å²) in [6.07, 6.45) is 1.53. The van der Waals surface area contributed by atoms with Crippen molar-refractivity contribution < 1.29 is 8.42 Å². The van der Waals surface area contributed by atoms with E-state index in [4.69, 9.17) is 11.6 Å². The maximum absolute atomic E-state index is 12.9. The van der Waals surface area contributed by atoms with Crippen molar-refractivity contribution in [2.24, 2.45) is 0 Å². The SMILES string of the molecule is Cc1ccc(S(=O)(=O)n2cc(C)nc2-c2ccc(Cl)cc2)cc1. The molecule has 0 aliphatic rings. The lowest BCUT2D eigenvalue weighted by Gasteiger charge is -2.09. The number of hydrogen-bond donors (Lipinski definition) is 0. The summed E-state index contributed by atoms with van der Waals surface area (Å²) < 4.78 is 27.1. The van der Waals surface area contributed by atoms with Crippen molar-refractivity contribution >= 4 is 21.6 Å². The second-order valence-electron chi connectivity index (χ2n) is 5.33. The van der Waals surface area contributed by atoms with Crippen molar-refractivity contribution in [1.82, 2.24) is 8.96 Å². The van der Waals surface area contributed by atoms with E-state index in [1.165, 1.54) is 10.2 Å². The highest BCUT2D eigenvalue weighted by molar-refractivity contribution is 7.90. The molecule has 0 N–H and O–H groups in total. The molecule has 1 aromatic heterocycles. The number of halogens is 1. The second-order valence-corrected chi connectivity index (χ2v) is 7.58. The molecule has 0 aliphatic heterocycles. The van der Waals surface area contributed by atoms with Crippen LogP contribution in [0.3, 0.4) is 0 Å². The third kappa shape index (κ3) is 3.02. The van der Waals surface area contributed by atoms with Gasteiger partial charge in [-0.3, -0.25) is 0 Å². The van der Waals surface area contributed by atoms with Gasteiger partial charge in [0.15, 0.2) is 5.82 Å². The van der Waals surface area contributed by atoms with Crippen LogP contribution in [0.1, 0.15) is 11.3 Å². The number of aryl methyl sites for hydroxylation is 2. The number of rotatable bonds is 3. The molecule has 0 fully saturated rings. The maximum atomic E-state index is 12.9. The molecule has 0 saturated heterocycles. The summed E-state index contributed by atoms with van der Waals surface area (Å²) in [7, 11) is -3.70. The summed E-state index contributed by atoms with van der Waals surface area (Å²) in [6.45, 7) is 3.68. The molecule has 0 radical (unpaired) electrons. The van der Waals surface area contributed by atoms with Gasteiger partial charge in [-0.15, -0.1) is 0 Å². The predicted molar refractivity (Wildman–Crippen MR) is 91.2 cm³/mol. The summed E-state index contributed by atoms with van der Waals surface area (Å²) >= 11 is 5.90. The van der Waals surface area contributed by atoms with Crippen molar-refractivity contribution in [1.29, 1.82) is 0 Å². The minimum absolute atomic E-state index is 0.232. The Labute approximate surface area is 140 Å². The topological polar surface area (TPSA) is 52.0 Å². The van der Waals surface area contributed by atoms with Crippen LogP contribution < -0.4 is 0 Å². The molecule has 0 unspecified atom stereocenters. The van der Waals surface area contributed by atoms with Crippen molar-refractivity contribution in [3.05, 3.63) is 71.0 Å². The van der Waals surface area contributed by atoms with Crippen LogP contribution in [0.15, 0.2) is 59.6 Å². The van der Waals surface area contributed by atoms with Crippen molar-refractivity contribution in [2.45, 2.75) is 18.7 Å². The van der Waals surface area contributed by atoms with Crippen molar-refractivity contribution in [2.75, 3.05) is 0 Å². The lowest BCUT2D eigenvalue weighted by Crippen LogP contribution is -2.13. The van der Waals surface area contributed by atoms with E-state index in [0.717, 1.165) is 5.56 Å². The quantitative estimate of drug-likeness (QED) is 0.718. The highest BCUT2D eigenvalue weighted by atomic mass is 35.5. The third-order valence-corrected chi connectivity index (χ3v) is 5.39. The Hall–Kier alpha value is -2.11. The fraction of sp³-hybridized carbons (Fsp3) is 0.118. The molecule has 0 spiro atoms. The largest absolute Gasteiger partial charge is 0.269 e. The molecule has 0 atom stereocenters. The summed E-state index contributed by atoms with van der Waals surface area (Å²) in [6, 6.07) is 13.7. The summed E-state index contributed by atoms with van der Waals surface area (Å²) in [5.74, 6) is 0.375. The highest BCUT2D eigenvalue weighted by Crippen LogP contribution is 2.25. The number of imidazole rings is 1. The van der Waals surface area contributed by atoms with Gasteiger partial charge in [0.2, 0.25) is 0 Å². The average Bonchev–Trinajstić information content (AvgIpc) is 2.91. The van der Waals surface area contributed by atoms with Gasteiger partial charge in [0, 0.05) is 16.8 Å². The molecule has 0 bridgehead atoms. The van der Waals surface area contributed by atoms with Gasteiger partial charge in [-0.1, -0.05) is 29.3 Å². The van der Waals surface area contributed by atoms with Crippen LogP contribution in [0, 0.1) is 13.8 Å². The first kappa shape index (κ1) is 15.8. The van der Waals surface area contributed by atoms with Gasteiger partial charge in [0.1, 0.15) is 0 Å². The first-order valence-electron chi connectivity index (χ1n) is 7.02. The van der Waals surface area contributed by atoms with E-state index in [0.29, 0.717) is 22.1 Å². The Balaban J connectivity index is 2.16. The fourth-order valence-electron chi connectivity index (χ4n) is 2.27. The lowest BCUT2D eigenvalue weighted by atomic mass is 10.2. The number of benzene rings is 2. The maximum Gasteiger partial charge on any atom is 0.269 e. The van der Waals surface area contributed by atoms with Crippen molar-refractivity contribution in [3.63, 3.8) is 0 Å². The molecule has 2 aromatic carbocycles. The van der Waals surface area contributed by atoms with E-state index in [2.05, 4.69) is 4.98 Å². The van der Waals surface area contributed by atoms with Crippen LogP contribution in [0.2, 0.25) is 5.02 Å². The molecule has 118 valence electrons. The van der Waals surface area contributed by atoms with Gasteiger partial charge in [-0.25, -0.2) is 17.4 Å². The second kappa shape index (κ2) is 5.83. The standard InChI is InChI=1S/C17H15ClN2O2S/c1-12-3-9-16(10-4-12)23(21,22)20-11-13(2)19-17(20)14-5-7-15(18)8-6-14/h3-11H,1-2H3. The summed E-state index contributed by atoms with van der Waals surface area (Å²) in [4.78, 5) is 4.59. The van der Waals surface area contributed by atoms with E-state index in [9.17, 15) is 8.42 Å². The molecule has 23 heavy (non-hydrogen) atoms. The smallest absolute Gasteiger partial charge is 0.233 e. The van der Waals surface area contributed by atoms with E-state index < -0.39 is 10.0 Å². The molecule has 3 rings (SSSR count). The van der Waals surface area contributed by atoms with Crippen molar-refractivity contribution in [3.8, 4) is 11.4 Å². The van der Waals surface area contributed by atoms with Crippen LogP contribution in [-0.2, 0) is 10.0 Å². The van der Waals surface area contributed by atoms with Gasteiger partial charge in [-0.05, 0) is 50.2 Å².